The largest absolute Gasteiger partial charge is 0.304 e. The van der Waals surface area contributed by atoms with Crippen molar-refractivity contribution < 1.29 is 18.0 Å². The highest BCUT2D eigenvalue weighted by atomic mass is 79.9. The molecule has 0 spiro atoms. The fourth-order valence-electron chi connectivity index (χ4n) is 2.79. The van der Waals surface area contributed by atoms with Crippen LogP contribution >= 0.6 is 47.8 Å². The van der Waals surface area contributed by atoms with Gasteiger partial charge in [0, 0.05) is 64.7 Å². The third kappa shape index (κ3) is 10.0. The number of nitriles is 1. The molecule has 13 heteroatoms. The molecule has 190 valence electrons. The molecule has 0 bridgehead atoms. The van der Waals surface area contributed by atoms with Crippen LogP contribution in [0.15, 0.2) is 50.2 Å². The highest BCUT2D eigenvalue weighted by Gasteiger charge is 2.16. The molecule has 0 unspecified atom stereocenters. The molecule has 4 heterocycles. The Bertz CT molecular complexity index is 1220. The van der Waals surface area contributed by atoms with E-state index in [1.165, 1.54) is 30.6 Å². The summed E-state index contributed by atoms with van der Waals surface area (Å²) in [6, 6.07) is 5.48. The van der Waals surface area contributed by atoms with Crippen LogP contribution in [0.2, 0.25) is 0 Å². The van der Waals surface area contributed by atoms with Crippen LogP contribution in [0.25, 0.3) is 0 Å². The number of carbonyl (C=O) groups is 1. The van der Waals surface area contributed by atoms with Crippen LogP contribution in [0.3, 0.4) is 0 Å². The first-order chi connectivity index (χ1) is 17.1. The van der Waals surface area contributed by atoms with E-state index in [1.807, 2.05) is 0 Å². The predicted octanol–water partition coefficient (Wildman–Crippen LogP) is 5.38. The van der Waals surface area contributed by atoms with Crippen LogP contribution in [0.4, 0.5) is 13.2 Å². The summed E-state index contributed by atoms with van der Waals surface area (Å²) in [5, 5.41) is 8.24. The number of aromatic nitrogens is 3. The number of hydrogen-bond donors (Lipinski definition) is 0. The van der Waals surface area contributed by atoms with Crippen LogP contribution < -0.4 is 0 Å². The molecule has 1 aliphatic rings. The maximum Gasteiger partial charge on any atom is 0.176 e. The number of halogens is 6. The maximum atomic E-state index is 13.6. The van der Waals surface area contributed by atoms with E-state index >= 15 is 0 Å². The maximum absolute atomic E-state index is 13.6. The Morgan fingerprint density at radius 1 is 0.889 bits per heavy atom. The normalized spacial score (nSPS) is 13.5. The van der Waals surface area contributed by atoms with E-state index in [-0.39, 0.29) is 17.2 Å². The van der Waals surface area contributed by atoms with Crippen molar-refractivity contribution in [1.82, 2.24) is 24.8 Å². The first-order valence-electron chi connectivity index (χ1n) is 10.3. The van der Waals surface area contributed by atoms with Crippen molar-refractivity contribution >= 4 is 54.1 Å². The number of carbonyl (C=O) groups excluding carboxylic acids is 1. The number of hydrogen-bond acceptors (Lipinski definition) is 7. The Morgan fingerprint density at radius 2 is 1.42 bits per heavy atom. The summed E-state index contributed by atoms with van der Waals surface area (Å²) in [6.07, 6.45) is 4.77. The molecule has 0 atom stereocenters. The van der Waals surface area contributed by atoms with Gasteiger partial charge >= 0.3 is 0 Å². The molecule has 7 nitrogen and oxygen atoms in total. The minimum Gasteiger partial charge on any atom is -0.304 e. The van der Waals surface area contributed by atoms with Crippen molar-refractivity contribution in [3.05, 3.63) is 84.7 Å². The molecule has 4 rings (SSSR count). The molecule has 1 saturated heterocycles. The fraction of sp³-hybridized carbons (Fsp3) is 0.261. The van der Waals surface area contributed by atoms with Crippen molar-refractivity contribution in [2.45, 2.75) is 6.54 Å². The summed E-state index contributed by atoms with van der Waals surface area (Å²) >= 11 is 9.23. The van der Waals surface area contributed by atoms with E-state index in [0.29, 0.717) is 31.9 Å². The highest BCUT2D eigenvalue weighted by Crippen LogP contribution is 2.15. The van der Waals surface area contributed by atoms with Gasteiger partial charge in [-0.2, -0.15) is 5.26 Å². The summed E-state index contributed by atoms with van der Waals surface area (Å²) < 4.78 is 40.4. The van der Waals surface area contributed by atoms with Crippen LogP contribution in [-0.2, 0) is 6.54 Å². The summed E-state index contributed by atoms with van der Waals surface area (Å²) in [6.45, 7) is 4.64. The average Bonchev–Trinajstić information content (AvgIpc) is 2.83. The second-order valence-electron chi connectivity index (χ2n) is 7.40. The topological polar surface area (TPSA) is 86.0 Å². The van der Waals surface area contributed by atoms with Crippen molar-refractivity contribution in [2.24, 2.45) is 0 Å². The van der Waals surface area contributed by atoms with Crippen molar-refractivity contribution in [2.75, 3.05) is 33.2 Å². The minimum atomic E-state index is -0.607. The molecule has 0 N–H and O–H groups in total. The second-order valence-corrected chi connectivity index (χ2v) is 10.1. The molecule has 36 heavy (non-hydrogen) atoms. The van der Waals surface area contributed by atoms with Gasteiger partial charge in [-0.05, 0) is 73.0 Å². The Labute approximate surface area is 231 Å². The van der Waals surface area contributed by atoms with Crippen molar-refractivity contribution in [3.8, 4) is 6.07 Å². The summed E-state index contributed by atoms with van der Waals surface area (Å²) in [5.74, 6) is -1.44. The molecule has 0 radical (unpaired) electrons. The van der Waals surface area contributed by atoms with Crippen LogP contribution in [0.5, 0.6) is 0 Å². The molecule has 1 fully saturated rings. The van der Waals surface area contributed by atoms with Gasteiger partial charge in [-0.25, -0.2) is 23.1 Å². The van der Waals surface area contributed by atoms with E-state index in [2.05, 4.69) is 79.6 Å². The van der Waals surface area contributed by atoms with Gasteiger partial charge < -0.3 is 4.90 Å². The number of pyridine rings is 3. The lowest BCUT2D eigenvalue weighted by atomic mass is 10.2. The third-order valence-electron chi connectivity index (χ3n) is 4.71. The molecule has 0 saturated carbocycles. The molecular formula is C23H20Br3F3N6O. The average molecular weight is 693 g/mol. The molecule has 1 aliphatic heterocycles. The number of likely N-dealkylation sites (N-methyl/N-ethyl adjacent to an activating group) is 1. The number of rotatable bonds is 3. The lowest BCUT2D eigenvalue weighted by Crippen LogP contribution is -2.44. The number of aldehydes is 1. The Hall–Kier alpha value is -2.24. The Morgan fingerprint density at radius 3 is 1.92 bits per heavy atom. The lowest BCUT2D eigenvalue weighted by Gasteiger charge is -2.32. The second kappa shape index (κ2) is 15.1. The highest BCUT2D eigenvalue weighted by molar-refractivity contribution is 9.11. The molecule has 3 aromatic heterocycles. The van der Waals surface area contributed by atoms with Gasteiger partial charge in [0.05, 0.1) is 5.69 Å². The zero-order valence-corrected chi connectivity index (χ0v) is 23.7. The fourth-order valence-corrected chi connectivity index (χ4v) is 3.70. The molecule has 3 aromatic rings. The van der Waals surface area contributed by atoms with Crippen molar-refractivity contribution in [3.63, 3.8) is 0 Å². The van der Waals surface area contributed by atoms with E-state index < -0.39 is 11.6 Å². The quantitative estimate of drug-likeness (QED) is 0.341. The van der Waals surface area contributed by atoms with Crippen LogP contribution in [0, 0.1) is 28.8 Å². The molecule has 0 amide bonds. The summed E-state index contributed by atoms with van der Waals surface area (Å²) in [5.41, 5.74) is 0.194. The van der Waals surface area contributed by atoms with Gasteiger partial charge in [0.15, 0.2) is 23.6 Å². The van der Waals surface area contributed by atoms with E-state index in [1.54, 1.807) is 12.3 Å². The molecule has 0 aliphatic carbocycles. The number of piperazine rings is 1. The van der Waals surface area contributed by atoms with Crippen LogP contribution in [0.1, 0.15) is 21.9 Å². The molecular weight excluding hydrogens is 673 g/mol. The first kappa shape index (κ1) is 30.0. The zero-order chi connectivity index (χ0) is 26.7. The van der Waals surface area contributed by atoms with Crippen molar-refractivity contribution in [1.29, 1.82) is 5.26 Å². The zero-order valence-electron chi connectivity index (χ0n) is 18.9. The van der Waals surface area contributed by atoms with Gasteiger partial charge in [-0.1, -0.05) is 0 Å². The smallest absolute Gasteiger partial charge is 0.176 e. The van der Waals surface area contributed by atoms with Gasteiger partial charge in [0.2, 0.25) is 0 Å². The Kier molecular flexibility index (Phi) is 12.6. The lowest BCUT2D eigenvalue weighted by molar-refractivity contribution is 0.111. The standard InChI is InChI=1S/C11H15BrFN3.C6H2BrFN2.C6H3BrFNO/c1-15-2-4-16(5-3-15)8-11-10(13)6-9(12)7-14-11;7-4-1-5(8)6(2-9)10-3-4;7-4-1-5(8)6(3-10)9-2-4/h6-7H,2-5,8H2,1H3;1,3H;1-3H. The van der Waals surface area contributed by atoms with E-state index in [9.17, 15) is 18.0 Å². The first-order valence-corrected chi connectivity index (χ1v) is 12.7. The van der Waals surface area contributed by atoms with E-state index in [4.69, 9.17) is 5.26 Å². The number of nitrogens with zero attached hydrogens (tertiary/aromatic N) is 6. The van der Waals surface area contributed by atoms with Gasteiger partial charge in [0.1, 0.15) is 17.6 Å². The SMILES string of the molecule is CN1CCN(Cc2ncc(Br)cc2F)CC1.N#Cc1ncc(Br)cc1F.O=Cc1ncc(Br)cc1F. The van der Waals surface area contributed by atoms with Gasteiger partial charge in [-0.15, -0.1) is 0 Å². The predicted molar refractivity (Wildman–Crippen MR) is 139 cm³/mol. The summed E-state index contributed by atoms with van der Waals surface area (Å²) in [4.78, 5) is 25.7. The monoisotopic (exact) mass is 690 g/mol. The van der Waals surface area contributed by atoms with Crippen LogP contribution in [-0.4, -0.2) is 64.3 Å². The van der Waals surface area contributed by atoms with Gasteiger partial charge in [-0.3, -0.25) is 14.7 Å². The van der Waals surface area contributed by atoms with E-state index in [0.717, 1.165) is 26.2 Å². The summed E-state index contributed by atoms with van der Waals surface area (Å²) in [7, 11) is 2.11. The molecule has 0 aromatic carbocycles. The minimum absolute atomic E-state index is 0.164. The third-order valence-corrected chi connectivity index (χ3v) is 6.02. The Balaban J connectivity index is 0.000000200. The van der Waals surface area contributed by atoms with Gasteiger partial charge in [0.25, 0.3) is 0 Å².